The molecule has 1 atom stereocenters. The highest BCUT2D eigenvalue weighted by molar-refractivity contribution is 5.78. The molecule has 2 heterocycles. The van der Waals surface area contributed by atoms with E-state index in [2.05, 4.69) is 37.4 Å². The minimum atomic E-state index is -0.403. The Labute approximate surface area is 142 Å². The van der Waals surface area contributed by atoms with Gasteiger partial charge in [-0.1, -0.05) is 23.8 Å². The normalized spacial score (nSPS) is 23.9. The van der Waals surface area contributed by atoms with Gasteiger partial charge in [0.05, 0.1) is 13.1 Å². The number of urea groups is 1. The van der Waals surface area contributed by atoms with Crippen molar-refractivity contribution >= 4 is 11.9 Å². The standard InChI is InChI=1S/C18H25N3O3/c1-13-4-5-15(14(2)8-13)9-19-17(23)21-7-6-18(12-21)11-20(3)16(22)10-24-18/h4-5,8H,6-7,9-12H2,1-3H3,(H,19,23)/t18-/m1/s1. The molecule has 0 saturated carbocycles. The predicted octanol–water partition coefficient (Wildman–Crippen LogP) is 1.45. The van der Waals surface area contributed by atoms with Gasteiger partial charge in [-0.2, -0.15) is 0 Å². The first kappa shape index (κ1) is 16.8. The highest BCUT2D eigenvalue weighted by Crippen LogP contribution is 2.29. The molecule has 0 bridgehead atoms. The summed E-state index contributed by atoms with van der Waals surface area (Å²) in [5.41, 5.74) is 3.13. The third kappa shape index (κ3) is 3.38. The molecule has 2 saturated heterocycles. The topological polar surface area (TPSA) is 61.9 Å². The van der Waals surface area contributed by atoms with Crippen LogP contribution in [0.3, 0.4) is 0 Å². The summed E-state index contributed by atoms with van der Waals surface area (Å²) in [5.74, 6) is -0.00151. The zero-order valence-electron chi connectivity index (χ0n) is 14.6. The summed E-state index contributed by atoms with van der Waals surface area (Å²) in [6.07, 6.45) is 0.765. The van der Waals surface area contributed by atoms with Crippen LogP contribution in [-0.4, -0.2) is 60.6 Å². The molecule has 1 N–H and O–H groups in total. The fourth-order valence-corrected chi connectivity index (χ4v) is 3.48. The van der Waals surface area contributed by atoms with E-state index in [0.29, 0.717) is 26.2 Å². The SMILES string of the molecule is Cc1ccc(CNC(=O)N2CC[C@@]3(CN(C)C(=O)CO3)C2)c(C)c1. The van der Waals surface area contributed by atoms with E-state index in [1.54, 1.807) is 16.8 Å². The molecular weight excluding hydrogens is 306 g/mol. The second-order valence-electron chi connectivity index (χ2n) is 6.98. The molecule has 1 aromatic rings. The minimum absolute atomic E-state index is 0.00151. The number of ether oxygens (including phenoxy) is 1. The Hall–Kier alpha value is -2.08. The number of likely N-dealkylation sites (tertiary alicyclic amines) is 1. The molecule has 3 rings (SSSR count). The quantitative estimate of drug-likeness (QED) is 0.892. The molecule has 1 aromatic carbocycles. The Balaban J connectivity index is 1.56. The van der Waals surface area contributed by atoms with E-state index in [0.717, 1.165) is 12.0 Å². The molecule has 0 aromatic heterocycles. The number of morpholine rings is 1. The smallest absolute Gasteiger partial charge is 0.317 e. The van der Waals surface area contributed by atoms with Gasteiger partial charge in [-0.25, -0.2) is 4.79 Å². The summed E-state index contributed by atoms with van der Waals surface area (Å²) in [4.78, 5) is 27.5. The molecule has 2 aliphatic heterocycles. The predicted molar refractivity (Wildman–Crippen MR) is 90.7 cm³/mol. The van der Waals surface area contributed by atoms with Crippen molar-refractivity contribution in [3.8, 4) is 0 Å². The first-order valence-corrected chi connectivity index (χ1v) is 8.35. The largest absolute Gasteiger partial charge is 0.361 e. The Morgan fingerprint density at radius 3 is 2.83 bits per heavy atom. The number of rotatable bonds is 2. The molecule has 0 radical (unpaired) electrons. The van der Waals surface area contributed by atoms with Crippen molar-refractivity contribution in [1.82, 2.24) is 15.1 Å². The van der Waals surface area contributed by atoms with Crippen molar-refractivity contribution in [3.63, 3.8) is 0 Å². The summed E-state index contributed by atoms with van der Waals surface area (Å²) >= 11 is 0. The molecule has 130 valence electrons. The van der Waals surface area contributed by atoms with Crippen molar-refractivity contribution in [2.24, 2.45) is 0 Å². The van der Waals surface area contributed by atoms with Crippen LogP contribution in [0, 0.1) is 13.8 Å². The number of nitrogens with one attached hydrogen (secondary N) is 1. The maximum atomic E-state index is 12.4. The molecule has 2 aliphatic rings. The Morgan fingerprint density at radius 2 is 2.12 bits per heavy atom. The van der Waals surface area contributed by atoms with Crippen LogP contribution in [0.4, 0.5) is 4.79 Å². The van der Waals surface area contributed by atoms with E-state index >= 15 is 0 Å². The second kappa shape index (κ2) is 6.43. The summed E-state index contributed by atoms with van der Waals surface area (Å²) < 4.78 is 5.77. The number of carbonyl (C=O) groups excluding carboxylic acids is 2. The summed E-state index contributed by atoms with van der Waals surface area (Å²) in [7, 11) is 1.79. The summed E-state index contributed by atoms with van der Waals surface area (Å²) in [6, 6.07) is 6.16. The van der Waals surface area contributed by atoms with Gasteiger partial charge < -0.3 is 19.9 Å². The van der Waals surface area contributed by atoms with E-state index in [-0.39, 0.29) is 18.5 Å². The maximum Gasteiger partial charge on any atom is 0.317 e. The maximum absolute atomic E-state index is 12.4. The molecule has 2 fully saturated rings. The molecule has 6 heteroatoms. The number of carbonyl (C=O) groups is 2. The van der Waals surface area contributed by atoms with Gasteiger partial charge in [-0.3, -0.25) is 4.79 Å². The molecule has 0 aliphatic carbocycles. The van der Waals surface area contributed by atoms with Gasteiger partial charge in [0, 0.05) is 20.1 Å². The first-order valence-electron chi connectivity index (χ1n) is 8.35. The number of nitrogens with zero attached hydrogens (tertiary/aromatic N) is 2. The Morgan fingerprint density at radius 1 is 1.33 bits per heavy atom. The van der Waals surface area contributed by atoms with Crippen molar-refractivity contribution in [2.75, 3.05) is 33.3 Å². The van der Waals surface area contributed by atoms with E-state index in [9.17, 15) is 9.59 Å². The number of benzene rings is 1. The van der Waals surface area contributed by atoms with Gasteiger partial charge in [0.25, 0.3) is 0 Å². The van der Waals surface area contributed by atoms with Gasteiger partial charge in [0.1, 0.15) is 12.2 Å². The van der Waals surface area contributed by atoms with Crippen LogP contribution in [0.2, 0.25) is 0 Å². The Kier molecular flexibility index (Phi) is 4.49. The lowest BCUT2D eigenvalue weighted by molar-refractivity contribution is -0.158. The number of amides is 3. The zero-order chi connectivity index (χ0) is 17.3. The van der Waals surface area contributed by atoms with Crippen LogP contribution in [0.25, 0.3) is 0 Å². The van der Waals surface area contributed by atoms with Crippen LogP contribution in [0.15, 0.2) is 18.2 Å². The fourth-order valence-electron chi connectivity index (χ4n) is 3.48. The molecule has 1 spiro atoms. The lowest BCUT2D eigenvalue weighted by Crippen LogP contribution is -2.55. The van der Waals surface area contributed by atoms with Crippen molar-refractivity contribution in [1.29, 1.82) is 0 Å². The van der Waals surface area contributed by atoms with Gasteiger partial charge in [0.15, 0.2) is 0 Å². The number of likely N-dealkylation sites (N-methyl/N-ethyl adjacent to an activating group) is 1. The van der Waals surface area contributed by atoms with Gasteiger partial charge in [0.2, 0.25) is 5.91 Å². The highest BCUT2D eigenvalue weighted by Gasteiger charge is 2.45. The fraction of sp³-hybridized carbons (Fsp3) is 0.556. The molecule has 24 heavy (non-hydrogen) atoms. The highest BCUT2D eigenvalue weighted by atomic mass is 16.5. The van der Waals surface area contributed by atoms with Crippen molar-refractivity contribution < 1.29 is 14.3 Å². The third-order valence-corrected chi connectivity index (χ3v) is 4.98. The molecular formula is C18H25N3O3. The monoisotopic (exact) mass is 331 g/mol. The van der Waals surface area contributed by atoms with Crippen LogP contribution < -0.4 is 5.32 Å². The van der Waals surface area contributed by atoms with Gasteiger partial charge in [-0.15, -0.1) is 0 Å². The second-order valence-corrected chi connectivity index (χ2v) is 6.98. The van der Waals surface area contributed by atoms with Gasteiger partial charge >= 0.3 is 6.03 Å². The van der Waals surface area contributed by atoms with E-state index in [4.69, 9.17) is 4.74 Å². The average molecular weight is 331 g/mol. The van der Waals surface area contributed by atoms with E-state index in [1.807, 2.05) is 0 Å². The number of aryl methyl sites for hydroxylation is 2. The van der Waals surface area contributed by atoms with Crippen LogP contribution >= 0.6 is 0 Å². The summed E-state index contributed by atoms with van der Waals surface area (Å²) in [5, 5.41) is 2.99. The first-order chi connectivity index (χ1) is 11.4. The third-order valence-electron chi connectivity index (χ3n) is 4.98. The van der Waals surface area contributed by atoms with Crippen LogP contribution in [0.5, 0.6) is 0 Å². The summed E-state index contributed by atoms with van der Waals surface area (Å²) in [6.45, 7) is 6.48. The van der Waals surface area contributed by atoms with Crippen molar-refractivity contribution in [3.05, 3.63) is 34.9 Å². The van der Waals surface area contributed by atoms with E-state index < -0.39 is 5.60 Å². The zero-order valence-corrected chi connectivity index (χ0v) is 14.6. The van der Waals surface area contributed by atoms with E-state index in [1.165, 1.54) is 11.1 Å². The Bertz CT molecular complexity index is 661. The lowest BCUT2D eigenvalue weighted by Gasteiger charge is -2.38. The van der Waals surface area contributed by atoms with Crippen LogP contribution in [-0.2, 0) is 16.1 Å². The van der Waals surface area contributed by atoms with Crippen molar-refractivity contribution in [2.45, 2.75) is 32.4 Å². The van der Waals surface area contributed by atoms with Crippen LogP contribution in [0.1, 0.15) is 23.1 Å². The molecule has 0 unspecified atom stereocenters. The average Bonchev–Trinajstić information content (AvgIpc) is 2.94. The molecule has 3 amide bonds. The number of hydrogen-bond acceptors (Lipinski definition) is 3. The van der Waals surface area contributed by atoms with Gasteiger partial charge in [-0.05, 0) is 31.4 Å². The number of hydrogen-bond donors (Lipinski definition) is 1. The minimum Gasteiger partial charge on any atom is -0.361 e. The molecule has 6 nitrogen and oxygen atoms in total. The lowest BCUT2D eigenvalue weighted by atomic mass is 10.0.